The molecule has 1 heterocycles. The Bertz CT molecular complexity index is 1030. The highest BCUT2D eigenvalue weighted by atomic mass is 16.5. The SMILES string of the molecule is CCOC(=O)c1cccc(NC(=O)NCC(=O)N2C(C(=O)OCC)CCC2c2ccccc2)c1. The lowest BCUT2D eigenvalue weighted by molar-refractivity contribution is -0.154. The number of rotatable bonds is 8. The highest BCUT2D eigenvalue weighted by Gasteiger charge is 2.42. The average Bonchev–Trinajstić information content (AvgIpc) is 3.29. The molecular weight excluding hydrogens is 438 g/mol. The van der Waals surface area contributed by atoms with Crippen molar-refractivity contribution in [2.75, 3.05) is 25.1 Å². The van der Waals surface area contributed by atoms with Crippen LogP contribution in [0.1, 0.15) is 48.7 Å². The van der Waals surface area contributed by atoms with Crippen LogP contribution in [0.4, 0.5) is 10.5 Å². The molecule has 0 saturated carbocycles. The average molecular weight is 468 g/mol. The maximum atomic E-state index is 13.1. The van der Waals surface area contributed by atoms with Gasteiger partial charge in [0.25, 0.3) is 0 Å². The van der Waals surface area contributed by atoms with E-state index in [-0.39, 0.29) is 31.7 Å². The number of anilines is 1. The van der Waals surface area contributed by atoms with Gasteiger partial charge in [0.05, 0.1) is 31.4 Å². The van der Waals surface area contributed by atoms with Crippen molar-refractivity contribution in [3.63, 3.8) is 0 Å². The van der Waals surface area contributed by atoms with E-state index in [9.17, 15) is 19.2 Å². The number of hydrogen-bond acceptors (Lipinski definition) is 6. The van der Waals surface area contributed by atoms with Crippen molar-refractivity contribution < 1.29 is 28.7 Å². The summed E-state index contributed by atoms with van der Waals surface area (Å²) in [7, 11) is 0. The van der Waals surface area contributed by atoms with Crippen LogP contribution in [-0.4, -0.2) is 54.6 Å². The third-order valence-corrected chi connectivity index (χ3v) is 5.45. The molecule has 1 saturated heterocycles. The lowest BCUT2D eigenvalue weighted by Crippen LogP contribution is -2.47. The van der Waals surface area contributed by atoms with E-state index < -0.39 is 24.0 Å². The van der Waals surface area contributed by atoms with Crippen LogP contribution in [-0.2, 0) is 19.1 Å². The number of amides is 3. The van der Waals surface area contributed by atoms with Crippen LogP contribution >= 0.6 is 0 Å². The normalized spacial score (nSPS) is 17.1. The van der Waals surface area contributed by atoms with Gasteiger partial charge in [-0.2, -0.15) is 0 Å². The Balaban J connectivity index is 1.66. The molecule has 0 radical (unpaired) electrons. The molecule has 2 atom stereocenters. The third-order valence-electron chi connectivity index (χ3n) is 5.45. The van der Waals surface area contributed by atoms with Gasteiger partial charge in [0.15, 0.2) is 0 Å². The van der Waals surface area contributed by atoms with Gasteiger partial charge in [-0.25, -0.2) is 14.4 Å². The lowest BCUT2D eigenvalue weighted by atomic mass is 10.0. The van der Waals surface area contributed by atoms with Gasteiger partial charge in [-0.15, -0.1) is 0 Å². The molecule has 0 aromatic heterocycles. The Kier molecular flexibility index (Phi) is 8.61. The van der Waals surface area contributed by atoms with Gasteiger partial charge in [-0.1, -0.05) is 36.4 Å². The first-order chi connectivity index (χ1) is 16.4. The minimum absolute atomic E-state index is 0.221. The highest BCUT2D eigenvalue weighted by molar-refractivity contribution is 5.95. The van der Waals surface area contributed by atoms with Crippen molar-refractivity contribution in [1.82, 2.24) is 10.2 Å². The molecule has 2 unspecified atom stereocenters. The number of urea groups is 1. The molecule has 0 spiro atoms. The van der Waals surface area contributed by atoms with Crippen LogP contribution in [0.25, 0.3) is 0 Å². The van der Waals surface area contributed by atoms with E-state index in [2.05, 4.69) is 10.6 Å². The zero-order valence-corrected chi connectivity index (χ0v) is 19.3. The van der Waals surface area contributed by atoms with Crippen molar-refractivity contribution in [2.45, 2.75) is 38.8 Å². The predicted octanol–water partition coefficient (Wildman–Crippen LogP) is 3.28. The maximum absolute atomic E-state index is 13.1. The first-order valence-electron chi connectivity index (χ1n) is 11.3. The number of hydrogen-bond donors (Lipinski definition) is 2. The molecule has 2 aromatic rings. The molecule has 1 aliphatic heterocycles. The van der Waals surface area contributed by atoms with Gasteiger partial charge < -0.3 is 25.0 Å². The largest absolute Gasteiger partial charge is 0.464 e. The Labute approximate surface area is 198 Å². The fourth-order valence-corrected chi connectivity index (χ4v) is 3.99. The summed E-state index contributed by atoms with van der Waals surface area (Å²) in [5.74, 6) is -1.33. The molecule has 2 aromatic carbocycles. The quantitative estimate of drug-likeness (QED) is 0.576. The Morgan fingerprint density at radius 1 is 0.941 bits per heavy atom. The van der Waals surface area contributed by atoms with Crippen molar-refractivity contribution in [1.29, 1.82) is 0 Å². The van der Waals surface area contributed by atoms with Crippen LogP contribution in [0.2, 0.25) is 0 Å². The smallest absolute Gasteiger partial charge is 0.338 e. The first-order valence-corrected chi connectivity index (χ1v) is 11.3. The first kappa shape index (κ1) is 24.8. The van der Waals surface area contributed by atoms with Crippen LogP contribution in [0, 0.1) is 0 Å². The second kappa shape index (κ2) is 11.8. The summed E-state index contributed by atoms with van der Waals surface area (Å²) in [4.78, 5) is 51.4. The maximum Gasteiger partial charge on any atom is 0.338 e. The fourth-order valence-electron chi connectivity index (χ4n) is 3.99. The highest BCUT2D eigenvalue weighted by Crippen LogP contribution is 2.36. The van der Waals surface area contributed by atoms with Gasteiger partial charge in [0.2, 0.25) is 5.91 Å². The zero-order valence-electron chi connectivity index (χ0n) is 19.3. The van der Waals surface area contributed by atoms with Gasteiger partial charge in [-0.3, -0.25) is 4.79 Å². The monoisotopic (exact) mass is 467 g/mol. The second-order valence-electron chi connectivity index (χ2n) is 7.68. The van der Waals surface area contributed by atoms with E-state index in [0.717, 1.165) is 5.56 Å². The van der Waals surface area contributed by atoms with Crippen LogP contribution in [0.5, 0.6) is 0 Å². The minimum Gasteiger partial charge on any atom is -0.464 e. The van der Waals surface area contributed by atoms with E-state index in [4.69, 9.17) is 9.47 Å². The molecule has 2 N–H and O–H groups in total. The van der Waals surface area contributed by atoms with Crippen molar-refractivity contribution in [3.05, 3.63) is 65.7 Å². The molecule has 9 nitrogen and oxygen atoms in total. The molecular formula is C25H29N3O6. The predicted molar refractivity (Wildman–Crippen MR) is 125 cm³/mol. The second-order valence-corrected chi connectivity index (χ2v) is 7.68. The summed E-state index contributed by atoms with van der Waals surface area (Å²) in [6.07, 6.45) is 1.10. The molecule has 1 aliphatic rings. The third kappa shape index (κ3) is 6.12. The van der Waals surface area contributed by atoms with Gasteiger partial charge in [-0.05, 0) is 50.5 Å². The summed E-state index contributed by atoms with van der Waals surface area (Å²) >= 11 is 0. The van der Waals surface area contributed by atoms with Crippen LogP contribution in [0.3, 0.4) is 0 Å². The number of esters is 2. The molecule has 3 rings (SSSR count). The number of carbonyl (C=O) groups excluding carboxylic acids is 4. The number of likely N-dealkylation sites (tertiary alicyclic amines) is 1. The Morgan fingerprint density at radius 3 is 2.38 bits per heavy atom. The number of nitrogens with one attached hydrogen (secondary N) is 2. The van der Waals surface area contributed by atoms with Gasteiger partial charge in [0, 0.05) is 5.69 Å². The van der Waals surface area contributed by atoms with E-state index in [0.29, 0.717) is 24.1 Å². The van der Waals surface area contributed by atoms with Crippen LogP contribution in [0.15, 0.2) is 54.6 Å². The zero-order chi connectivity index (χ0) is 24.5. The molecule has 0 bridgehead atoms. The summed E-state index contributed by atoms with van der Waals surface area (Å²) in [5, 5.41) is 5.14. The van der Waals surface area contributed by atoms with Crippen molar-refractivity contribution >= 4 is 29.6 Å². The van der Waals surface area contributed by atoms with E-state index in [1.54, 1.807) is 32.0 Å². The number of benzene rings is 2. The molecule has 1 fully saturated rings. The summed E-state index contributed by atoms with van der Waals surface area (Å²) in [5.41, 5.74) is 1.60. The summed E-state index contributed by atoms with van der Waals surface area (Å²) in [6, 6.07) is 14.2. The Morgan fingerprint density at radius 2 is 1.68 bits per heavy atom. The molecule has 0 aliphatic carbocycles. The van der Waals surface area contributed by atoms with E-state index in [1.165, 1.54) is 11.0 Å². The molecule has 180 valence electrons. The standard InChI is InChI=1S/C25H29N3O6/c1-3-33-23(30)18-11-8-12-19(15-18)27-25(32)26-16-22(29)28-20(17-9-6-5-7-10-17)13-14-21(28)24(31)34-4-2/h5-12,15,20-21H,3-4,13-14,16H2,1-2H3,(H2,26,27,32). The van der Waals surface area contributed by atoms with Crippen molar-refractivity contribution in [2.24, 2.45) is 0 Å². The summed E-state index contributed by atoms with van der Waals surface area (Å²) in [6.45, 7) is 3.59. The fraction of sp³-hybridized carbons (Fsp3) is 0.360. The molecule has 34 heavy (non-hydrogen) atoms. The van der Waals surface area contributed by atoms with Crippen molar-refractivity contribution in [3.8, 4) is 0 Å². The van der Waals surface area contributed by atoms with Gasteiger partial charge >= 0.3 is 18.0 Å². The lowest BCUT2D eigenvalue weighted by Gasteiger charge is -2.29. The van der Waals surface area contributed by atoms with E-state index >= 15 is 0 Å². The number of carbonyl (C=O) groups is 4. The Hall–Kier alpha value is -3.88. The van der Waals surface area contributed by atoms with E-state index in [1.807, 2.05) is 30.3 Å². The number of nitrogens with zero attached hydrogens (tertiary/aromatic N) is 1. The van der Waals surface area contributed by atoms with Gasteiger partial charge in [0.1, 0.15) is 6.04 Å². The molecule has 3 amide bonds. The molecule has 9 heteroatoms. The van der Waals surface area contributed by atoms with Crippen LogP contribution < -0.4 is 10.6 Å². The number of ether oxygens (including phenoxy) is 2. The summed E-state index contributed by atoms with van der Waals surface area (Å²) < 4.78 is 10.1. The topological polar surface area (TPSA) is 114 Å². The minimum atomic E-state index is -0.705.